The number of halogens is 3. The normalized spacial score (nSPS) is 14.9. The SMILES string of the molecule is O=C(CN1CCN(C(=O)c2cc(F)ccc2Br)CC1)Nc1ccc(F)cc1. The van der Waals surface area contributed by atoms with Gasteiger partial charge in [-0.1, -0.05) is 0 Å². The third kappa shape index (κ3) is 5.11. The molecule has 3 rings (SSSR count). The fraction of sp³-hybridized carbons (Fsp3) is 0.263. The lowest BCUT2D eigenvalue weighted by molar-refractivity contribution is -0.117. The molecule has 0 spiro atoms. The van der Waals surface area contributed by atoms with Gasteiger partial charge in [-0.3, -0.25) is 14.5 Å². The topological polar surface area (TPSA) is 52.7 Å². The van der Waals surface area contributed by atoms with Crippen LogP contribution < -0.4 is 5.32 Å². The van der Waals surface area contributed by atoms with Crippen molar-refractivity contribution in [2.75, 3.05) is 38.0 Å². The van der Waals surface area contributed by atoms with Crippen LogP contribution >= 0.6 is 15.9 Å². The van der Waals surface area contributed by atoms with E-state index in [2.05, 4.69) is 21.2 Å². The Labute approximate surface area is 164 Å². The van der Waals surface area contributed by atoms with Crippen molar-refractivity contribution in [2.24, 2.45) is 0 Å². The van der Waals surface area contributed by atoms with Crippen molar-refractivity contribution < 1.29 is 18.4 Å². The maximum Gasteiger partial charge on any atom is 0.255 e. The fourth-order valence-corrected chi connectivity index (χ4v) is 3.29. The molecule has 1 aliphatic heterocycles. The summed E-state index contributed by atoms with van der Waals surface area (Å²) in [7, 11) is 0. The largest absolute Gasteiger partial charge is 0.336 e. The number of nitrogens with zero attached hydrogens (tertiary/aromatic N) is 2. The van der Waals surface area contributed by atoms with Gasteiger partial charge in [-0.05, 0) is 58.4 Å². The second-order valence-corrected chi connectivity index (χ2v) is 7.10. The van der Waals surface area contributed by atoms with Gasteiger partial charge in [0.15, 0.2) is 0 Å². The van der Waals surface area contributed by atoms with E-state index in [1.807, 2.05) is 4.90 Å². The molecule has 2 aromatic rings. The first kappa shape index (κ1) is 19.4. The number of benzene rings is 2. The summed E-state index contributed by atoms with van der Waals surface area (Å²) in [4.78, 5) is 28.3. The zero-order valence-corrected chi connectivity index (χ0v) is 16.0. The summed E-state index contributed by atoms with van der Waals surface area (Å²) in [6.45, 7) is 2.16. The van der Waals surface area contributed by atoms with E-state index < -0.39 is 5.82 Å². The third-order valence-corrected chi connectivity index (χ3v) is 5.01. The predicted octanol–water partition coefficient (Wildman–Crippen LogP) is 3.12. The van der Waals surface area contributed by atoms with E-state index in [0.29, 0.717) is 36.3 Å². The van der Waals surface area contributed by atoms with E-state index in [4.69, 9.17) is 0 Å². The summed E-state index contributed by atoms with van der Waals surface area (Å²) < 4.78 is 26.9. The summed E-state index contributed by atoms with van der Waals surface area (Å²) in [5, 5.41) is 2.71. The van der Waals surface area contributed by atoms with Gasteiger partial charge in [0.25, 0.3) is 5.91 Å². The number of anilines is 1. The van der Waals surface area contributed by atoms with Gasteiger partial charge in [0, 0.05) is 36.3 Å². The molecule has 8 heteroatoms. The van der Waals surface area contributed by atoms with Gasteiger partial charge in [0.1, 0.15) is 11.6 Å². The Kier molecular flexibility index (Phi) is 6.18. The number of carbonyl (C=O) groups excluding carboxylic acids is 2. The fourth-order valence-electron chi connectivity index (χ4n) is 2.88. The summed E-state index contributed by atoms with van der Waals surface area (Å²) in [6, 6.07) is 9.59. The lowest BCUT2D eigenvalue weighted by atomic mass is 10.1. The van der Waals surface area contributed by atoms with Gasteiger partial charge < -0.3 is 10.2 Å². The van der Waals surface area contributed by atoms with Crippen LogP contribution in [0.1, 0.15) is 10.4 Å². The van der Waals surface area contributed by atoms with Gasteiger partial charge in [0.05, 0.1) is 12.1 Å². The van der Waals surface area contributed by atoms with E-state index in [-0.39, 0.29) is 29.7 Å². The van der Waals surface area contributed by atoms with Gasteiger partial charge in [-0.2, -0.15) is 0 Å². The maximum absolute atomic E-state index is 13.4. The molecule has 0 atom stereocenters. The van der Waals surface area contributed by atoms with Crippen LogP contribution in [0.5, 0.6) is 0 Å². The molecule has 0 aliphatic carbocycles. The van der Waals surface area contributed by atoms with Crippen LogP contribution in [0.25, 0.3) is 0 Å². The molecule has 27 heavy (non-hydrogen) atoms. The molecule has 1 saturated heterocycles. The molecule has 5 nitrogen and oxygen atoms in total. The van der Waals surface area contributed by atoms with Crippen LogP contribution in [0.4, 0.5) is 14.5 Å². The van der Waals surface area contributed by atoms with Crippen LogP contribution in [-0.4, -0.2) is 54.3 Å². The molecular weight excluding hydrogens is 420 g/mol. The first-order chi connectivity index (χ1) is 12.9. The highest BCUT2D eigenvalue weighted by molar-refractivity contribution is 9.10. The highest BCUT2D eigenvalue weighted by atomic mass is 79.9. The number of carbonyl (C=O) groups is 2. The second-order valence-electron chi connectivity index (χ2n) is 6.25. The molecule has 1 aliphatic rings. The number of amides is 2. The number of hydrogen-bond donors (Lipinski definition) is 1. The Morgan fingerprint density at radius 2 is 1.59 bits per heavy atom. The highest BCUT2D eigenvalue weighted by Gasteiger charge is 2.24. The first-order valence-corrected chi connectivity index (χ1v) is 9.24. The number of piperazine rings is 1. The molecule has 2 aromatic carbocycles. The molecule has 1 heterocycles. The minimum absolute atomic E-state index is 0.184. The highest BCUT2D eigenvalue weighted by Crippen LogP contribution is 2.20. The van der Waals surface area contributed by atoms with Crippen molar-refractivity contribution in [3.05, 3.63) is 64.1 Å². The summed E-state index contributed by atoms with van der Waals surface area (Å²) in [5.41, 5.74) is 0.823. The Morgan fingerprint density at radius 1 is 0.963 bits per heavy atom. The van der Waals surface area contributed by atoms with E-state index in [1.54, 1.807) is 4.90 Å². The van der Waals surface area contributed by atoms with Crippen LogP contribution in [0.3, 0.4) is 0 Å². The first-order valence-electron chi connectivity index (χ1n) is 8.44. The van der Waals surface area contributed by atoms with Crippen LogP contribution in [0.15, 0.2) is 46.9 Å². The zero-order chi connectivity index (χ0) is 19.4. The Bertz CT molecular complexity index is 837. The zero-order valence-electron chi connectivity index (χ0n) is 14.4. The molecule has 0 bridgehead atoms. The Morgan fingerprint density at radius 3 is 2.26 bits per heavy atom. The van der Waals surface area contributed by atoms with Gasteiger partial charge in [-0.15, -0.1) is 0 Å². The van der Waals surface area contributed by atoms with Crippen molar-refractivity contribution in [3.63, 3.8) is 0 Å². The van der Waals surface area contributed by atoms with Crippen LogP contribution in [-0.2, 0) is 4.79 Å². The van der Waals surface area contributed by atoms with Crippen molar-refractivity contribution in [3.8, 4) is 0 Å². The molecule has 0 aromatic heterocycles. The molecule has 0 unspecified atom stereocenters. The van der Waals surface area contributed by atoms with E-state index in [1.165, 1.54) is 42.5 Å². The molecule has 0 radical (unpaired) electrons. The molecule has 2 amide bonds. The van der Waals surface area contributed by atoms with Gasteiger partial charge in [-0.25, -0.2) is 8.78 Å². The summed E-state index contributed by atoms with van der Waals surface area (Å²) >= 11 is 3.28. The Hall–Kier alpha value is -2.32. The molecule has 1 fully saturated rings. The summed E-state index contributed by atoms with van der Waals surface area (Å²) in [6.07, 6.45) is 0. The van der Waals surface area contributed by atoms with Crippen molar-refractivity contribution in [2.45, 2.75) is 0 Å². The van der Waals surface area contributed by atoms with Crippen molar-refractivity contribution in [1.82, 2.24) is 9.80 Å². The quantitative estimate of drug-likeness (QED) is 0.799. The lowest BCUT2D eigenvalue weighted by Crippen LogP contribution is -2.50. The van der Waals surface area contributed by atoms with Crippen molar-refractivity contribution >= 4 is 33.4 Å². The van der Waals surface area contributed by atoms with E-state index >= 15 is 0 Å². The smallest absolute Gasteiger partial charge is 0.255 e. The lowest BCUT2D eigenvalue weighted by Gasteiger charge is -2.34. The second kappa shape index (κ2) is 8.58. The number of hydrogen-bond acceptors (Lipinski definition) is 3. The van der Waals surface area contributed by atoms with Gasteiger partial charge >= 0.3 is 0 Å². The molecule has 1 N–H and O–H groups in total. The monoisotopic (exact) mass is 437 g/mol. The number of rotatable bonds is 4. The van der Waals surface area contributed by atoms with E-state index in [0.717, 1.165) is 0 Å². The average molecular weight is 438 g/mol. The average Bonchev–Trinajstić information content (AvgIpc) is 2.65. The standard InChI is InChI=1S/C19H18BrF2N3O2/c20-17-6-3-14(22)11-16(17)19(27)25-9-7-24(8-10-25)12-18(26)23-15-4-1-13(21)2-5-15/h1-6,11H,7-10,12H2,(H,23,26). The summed E-state index contributed by atoms with van der Waals surface area (Å²) in [5.74, 6) is -1.26. The minimum atomic E-state index is -0.461. The maximum atomic E-state index is 13.4. The molecule has 142 valence electrons. The van der Waals surface area contributed by atoms with Crippen molar-refractivity contribution in [1.29, 1.82) is 0 Å². The number of nitrogens with one attached hydrogen (secondary N) is 1. The Balaban J connectivity index is 1.51. The molecular formula is C19H18BrF2N3O2. The van der Waals surface area contributed by atoms with E-state index in [9.17, 15) is 18.4 Å². The molecule has 0 saturated carbocycles. The minimum Gasteiger partial charge on any atom is -0.336 e. The van der Waals surface area contributed by atoms with Crippen LogP contribution in [0, 0.1) is 11.6 Å². The van der Waals surface area contributed by atoms with Gasteiger partial charge in [0.2, 0.25) is 5.91 Å². The third-order valence-electron chi connectivity index (χ3n) is 4.31. The predicted molar refractivity (Wildman–Crippen MR) is 101 cm³/mol. The van der Waals surface area contributed by atoms with Crippen LogP contribution in [0.2, 0.25) is 0 Å².